The number of likely N-dealkylation sites (tertiary alicyclic amines) is 1. The number of piperazine rings is 1. The van der Waals surface area contributed by atoms with Gasteiger partial charge in [-0.1, -0.05) is 30.3 Å². The number of amides is 1. The fourth-order valence-electron chi connectivity index (χ4n) is 7.85. The van der Waals surface area contributed by atoms with Gasteiger partial charge in [0.05, 0.1) is 30.8 Å². The lowest BCUT2D eigenvalue weighted by Crippen LogP contribution is -2.56. The largest absolute Gasteiger partial charge is 0.462 e. The molecule has 10 nitrogen and oxygen atoms in total. The Labute approximate surface area is 278 Å². The maximum Gasteiger partial charge on any atom is 0.410 e. The van der Waals surface area contributed by atoms with Gasteiger partial charge in [-0.2, -0.15) is 15.2 Å². The number of benzene rings is 2. The molecule has 248 valence electrons. The second kappa shape index (κ2) is 12.2. The van der Waals surface area contributed by atoms with Gasteiger partial charge < -0.3 is 24.2 Å². The molecule has 10 heteroatoms. The number of carbonyl (C=O) groups excluding carboxylic acids is 1. The summed E-state index contributed by atoms with van der Waals surface area (Å²) in [7, 11) is 2.20. The summed E-state index contributed by atoms with van der Waals surface area (Å²) in [6.07, 6.45) is 4.43. The number of hydrogen-bond donors (Lipinski definition) is 0. The van der Waals surface area contributed by atoms with Crippen LogP contribution >= 0.6 is 0 Å². The van der Waals surface area contributed by atoms with E-state index in [1.54, 1.807) is 4.90 Å². The Morgan fingerprint density at radius 3 is 2.57 bits per heavy atom. The van der Waals surface area contributed by atoms with Crippen molar-refractivity contribution in [1.29, 1.82) is 5.26 Å². The minimum Gasteiger partial charge on any atom is -0.462 e. The van der Waals surface area contributed by atoms with Crippen molar-refractivity contribution in [2.75, 3.05) is 56.2 Å². The molecule has 1 aliphatic carbocycles. The van der Waals surface area contributed by atoms with Gasteiger partial charge in [-0.3, -0.25) is 4.90 Å². The number of hydrogen-bond acceptors (Lipinski definition) is 9. The van der Waals surface area contributed by atoms with Crippen LogP contribution in [0.5, 0.6) is 6.01 Å². The smallest absolute Gasteiger partial charge is 0.410 e. The van der Waals surface area contributed by atoms with Crippen LogP contribution in [0.25, 0.3) is 10.8 Å². The van der Waals surface area contributed by atoms with Gasteiger partial charge in [0.2, 0.25) is 0 Å². The van der Waals surface area contributed by atoms with Gasteiger partial charge in [-0.25, -0.2) is 4.79 Å². The molecule has 2 saturated heterocycles. The molecule has 1 spiro atoms. The molecule has 3 fully saturated rings. The molecule has 4 aliphatic rings. The van der Waals surface area contributed by atoms with Crippen molar-refractivity contribution < 1.29 is 14.3 Å². The Morgan fingerprint density at radius 1 is 1.06 bits per heavy atom. The van der Waals surface area contributed by atoms with Crippen molar-refractivity contribution in [2.24, 2.45) is 5.41 Å². The van der Waals surface area contributed by atoms with Gasteiger partial charge in [-0.05, 0) is 82.9 Å². The van der Waals surface area contributed by atoms with Crippen LogP contribution in [0, 0.1) is 23.7 Å². The van der Waals surface area contributed by atoms with Crippen LogP contribution < -0.4 is 14.5 Å². The van der Waals surface area contributed by atoms with E-state index in [4.69, 9.17) is 19.4 Å². The third kappa shape index (κ3) is 6.42. The Hall–Kier alpha value is -4.10. The lowest BCUT2D eigenvalue weighted by Gasteiger charge is -2.42. The first kappa shape index (κ1) is 31.5. The maximum absolute atomic E-state index is 13.1. The van der Waals surface area contributed by atoms with Gasteiger partial charge in [0.1, 0.15) is 18.0 Å². The number of nitrogens with zero attached hydrogens (tertiary/aromatic N) is 7. The number of ether oxygens (including phenoxy) is 2. The number of aryl methyl sites for hydroxylation is 1. The summed E-state index contributed by atoms with van der Waals surface area (Å²) < 4.78 is 12.2. The minimum absolute atomic E-state index is 0.219. The summed E-state index contributed by atoms with van der Waals surface area (Å²) in [5.74, 6) is 0.865. The summed E-state index contributed by atoms with van der Waals surface area (Å²) in [5, 5.41) is 12.2. The van der Waals surface area contributed by atoms with E-state index in [-0.39, 0.29) is 18.6 Å². The topological polar surface area (TPSA) is 98.1 Å². The zero-order valence-electron chi connectivity index (χ0n) is 28.5. The minimum atomic E-state index is -0.607. The van der Waals surface area contributed by atoms with Gasteiger partial charge in [0, 0.05) is 55.4 Å². The lowest BCUT2D eigenvalue weighted by atomic mass is 9.99. The van der Waals surface area contributed by atoms with Crippen LogP contribution in [0.3, 0.4) is 0 Å². The van der Waals surface area contributed by atoms with E-state index in [2.05, 4.69) is 71.1 Å². The normalized spacial score (nSPS) is 22.3. The summed E-state index contributed by atoms with van der Waals surface area (Å²) >= 11 is 0. The number of fused-ring (bicyclic) bond motifs is 2. The summed E-state index contributed by atoms with van der Waals surface area (Å²) in [5.41, 5.74) is 4.47. The van der Waals surface area contributed by atoms with E-state index in [1.165, 1.54) is 34.9 Å². The standard InChI is InChI=1S/C37H47N7O3/c1-25-8-6-9-26-10-7-11-31(32(25)26)42-17-13-29-30(22-42)39-34(46-23-28-20-37(14-15-37)24-41(28)5)40-33(29)43-18-19-44(27(21-43)12-16-38)35(45)47-36(2,3)4/h6-11,27-28H,12-15,17-24H2,1-5H3/t27-,28-/m0/s1. The van der Waals surface area contributed by atoms with Crippen molar-refractivity contribution in [3.05, 3.63) is 53.2 Å². The maximum atomic E-state index is 13.1. The Morgan fingerprint density at radius 2 is 1.85 bits per heavy atom. The Kier molecular flexibility index (Phi) is 8.15. The number of nitriles is 1. The van der Waals surface area contributed by atoms with Gasteiger partial charge in [-0.15, -0.1) is 0 Å². The van der Waals surface area contributed by atoms with E-state index in [0.717, 1.165) is 43.0 Å². The van der Waals surface area contributed by atoms with Gasteiger partial charge in [0.25, 0.3) is 0 Å². The molecule has 3 aromatic rings. The number of likely N-dealkylation sites (N-methyl/N-ethyl adjacent to an activating group) is 1. The number of anilines is 2. The first-order valence-corrected chi connectivity index (χ1v) is 17.1. The zero-order chi connectivity index (χ0) is 32.9. The quantitative estimate of drug-likeness (QED) is 0.337. The van der Waals surface area contributed by atoms with Crippen LogP contribution in [0.2, 0.25) is 0 Å². The molecule has 1 amide bonds. The predicted octanol–water partition coefficient (Wildman–Crippen LogP) is 5.70. The molecule has 0 N–H and O–H groups in total. The van der Waals surface area contributed by atoms with E-state index in [9.17, 15) is 10.1 Å². The molecule has 1 aromatic heterocycles. The highest BCUT2D eigenvalue weighted by Gasteiger charge is 2.51. The number of carbonyl (C=O) groups is 1. The Balaban J connectivity index is 1.19. The molecule has 4 heterocycles. The number of rotatable bonds is 6. The molecular weight excluding hydrogens is 590 g/mol. The van der Waals surface area contributed by atoms with Crippen molar-refractivity contribution in [1.82, 2.24) is 19.8 Å². The molecule has 2 atom stereocenters. The SMILES string of the molecule is Cc1cccc2cccc(N3CCc4c(nc(OC[C@@H]5CC6(CC6)CN5C)nc4N4CCN(C(=O)OC(C)(C)C)[C@@H](CC#N)C4)C3)c12. The highest BCUT2D eigenvalue weighted by molar-refractivity contribution is 5.97. The van der Waals surface area contributed by atoms with Gasteiger partial charge in [0.15, 0.2) is 0 Å². The third-order valence-corrected chi connectivity index (χ3v) is 10.4. The van der Waals surface area contributed by atoms with Crippen molar-refractivity contribution >= 4 is 28.4 Å². The molecular formula is C37H47N7O3. The molecule has 47 heavy (non-hydrogen) atoms. The molecule has 0 radical (unpaired) electrons. The van der Waals surface area contributed by atoms with Crippen LogP contribution in [-0.2, 0) is 17.7 Å². The average molecular weight is 638 g/mol. The van der Waals surface area contributed by atoms with Crippen LogP contribution in [0.1, 0.15) is 63.3 Å². The summed E-state index contributed by atoms with van der Waals surface area (Å²) in [6, 6.07) is 15.8. The van der Waals surface area contributed by atoms with Crippen molar-refractivity contribution in [3.8, 4) is 12.1 Å². The summed E-state index contributed by atoms with van der Waals surface area (Å²) in [6.45, 7) is 12.5. The van der Waals surface area contributed by atoms with E-state index < -0.39 is 5.60 Å². The monoisotopic (exact) mass is 637 g/mol. The Bertz CT molecular complexity index is 1700. The predicted molar refractivity (Wildman–Crippen MR) is 183 cm³/mol. The van der Waals surface area contributed by atoms with E-state index in [1.807, 2.05) is 20.8 Å². The average Bonchev–Trinajstić information content (AvgIpc) is 3.71. The third-order valence-electron chi connectivity index (χ3n) is 10.4. The highest BCUT2D eigenvalue weighted by atomic mass is 16.6. The molecule has 1 saturated carbocycles. The first-order valence-electron chi connectivity index (χ1n) is 17.1. The summed E-state index contributed by atoms with van der Waals surface area (Å²) in [4.78, 5) is 32.1. The van der Waals surface area contributed by atoms with E-state index >= 15 is 0 Å². The second-order valence-electron chi connectivity index (χ2n) is 15.1. The molecule has 0 bridgehead atoms. The molecule has 7 rings (SSSR count). The molecule has 2 aromatic carbocycles. The van der Waals surface area contributed by atoms with Crippen molar-refractivity contribution in [2.45, 2.75) is 84.0 Å². The number of aromatic nitrogens is 2. The fraction of sp³-hybridized carbons (Fsp3) is 0.568. The van der Waals surface area contributed by atoms with Crippen LogP contribution in [0.4, 0.5) is 16.3 Å². The highest BCUT2D eigenvalue weighted by Crippen LogP contribution is 2.54. The van der Waals surface area contributed by atoms with Crippen LogP contribution in [0.15, 0.2) is 36.4 Å². The van der Waals surface area contributed by atoms with Gasteiger partial charge >= 0.3 is 12.1 Å². The van der Waals surface area contributed by atoms with Crippen molar-refractivity contribution in [3.63, 3.8) is 0 Å². The molecule has 0 unspecified atom stereocenters. The van der Waals surface area contributed by atoms with E-state index in [0.29, 0.717) is 50.3 Å². The second-order valence-corrected chi connectivity index (χ2v) is 15.1. The zero-order valence-corrected chi connectivity index (χ0v) is 28.5. The fourth-order valence-corrected chi connectivity index (χ4v) is 7.85. The molecule has 3 aliphatic heterocycles. The lowest BCUT2D eigenvalue weighted by molar-refractivity contribution is 0.0144. The first-order chi connectivity index (χ1) is 22.5. The van der Waals surface area contributed by atoms with Crippen LogP contribution in [-0.4, -0.2) is 89.9 Å².